The minimum Gasteiger partial charge on any atom is -0.351 e. The lowest BCUT2D eigenvalue weighted by atomic mass is 9.94. The molecule has 4 rings (SSSR count). The zero-order chi connectivity index (χ0) is 24.8. The van der Waals surface area contributed by atoms with Gasteiger partial charge >= 0.3 is 0 Å². The van der Waals surface area contributed by atoms with Gasteiger partial charge in [0.2, 0.25) is 5.91 Å². The van der Waals surface area contributed by atoms with Crippen LogP contribution < -0.4 is 10.2 Å². The number of ketones is 1. The molecule has 1 saturated carbocycles. The highest BCUT2D eigenvalue weighted by atomic mass is 35.5. The third-order valence-electron chi connectivity index (χ3n) is 6.20. The van der Waals surface area contributed by atoms with Crippen LogP contribution in [-0.2, 0) is 4.79 Å². The molecule has 1 fully saturated rings. The lowest BCUT2D eigenvalue weighted by Gasteiger charge is -2.33. The lowest BCUT2D eigenvalue weighted by Crippen LogP contribution is -2.47. The molecule has 1 aliphatic rings. The van der Waals surface area contributed by atoms with Gasteiger partial charge in [0.1, 0.15) is 11.7 Å². The summed E-state index contributed by atoms with van der Waals surface area (Å²) in [6, 6.07) is 12.6. The Labute approximate surface area is 209 Å². The van der Waals surface area contributed by atoms with Crippen molar-refractivity contribution < 1.29 is 14.4 Å². The van der Waals surface area contributed by atoms with Gasteiger partial charge in [-0.05, 0) is 61.7 Å². The molecule has 2 amide bonds. The molecule has 0 saturated heterocycles. The summed E-state index contributed by atoms with van der Waals surface area (Å²) in [5.74, 6) is -0.854. The van der Waals surface area contributed by atoms with E-state index in [4.69, 9.17) is 11.6 Å². The number of rotatable bonds is 7. The van der Waals surface area contributed by atoms with Crippen LogP contribution in [0.15, 0.2) is 67.1 Å². The van der Waals surface area contributed by atoms with Gasteiger partial charge in [0.05, 0.1) is 6.20 Å². The van der Waals surface area contributed by atoms with Crippen molar-refractivity contribution in [2.75, 3.05) is 4.90 Å². The number of benzene rings is 2. The minimum absolute atomic E-state index is 0.0552. The van der Waals surface area contributed by atoms with E-state index in [1.807, 2.05) is 0 Å². The standard InChI is InChI=1S/C27H27ClN4O3/c1-18(33)19-9-13-23(14-10-19)32(27(35)24-17-29-15-16-30-24)25(20-7-11-21(28)12-8-20)26(34)31-22-5-3-2-4-6-22/h7-17,22,25H,2-6H2,1H3,(H,31,34)/t25-/m0/s1. The Morgan fingerprint density at radius 2 is 1.66 bits per heavy atom. The second-order valence-corrected chi connectivity index (χ2v) is 9.10. The van der Waals surface area contributed by atoms with E-state index in [1.54, 1.807) is 48.5 Å². The summed E-state index contributed by atoms with van der Waals surface area (Å²) in [6.45, 7) is 1.48. The number of hydrogen-bond acceptors (Lipinski definition) is 5. The second kappa shape index (κ2) is 11.2. The van der Waals surface area contributed by atoms with Crippen LogP contribution in [0.1, 0.15) is 71.5 Å². The number of carbonyl (C=O) groups is 3. The minimum atomic E-state index is -0.980. The Balaban J connectivity index is 1.80. The van der Waals surface area contributed by atoms with Crippen molar-refractivity contribution in [1.82, 2.24) is 15.3 Å². The van der Waals surface area contributed by atoms with Gasteiger partial charge in [-0.15, -0.1) is 0 Å². The van der Waals surface area contributed by atoms with Crippen LogP contribution in [0.3, 0.4) is 0 Å². The van der Waals surface area contributed by atoms with Gasteiger partial charge in [-0.1, -0.05) is 43.0 Å². The van der Waals surface area contributed by atoms with E-state index in [-0.39, 0.29) is 23.4 Å². The maximum atomic E-state index is 13.8. The third kappa shape index (κ3) is 5.92. The van der Waals surface area contributed by atoms with Crippen LogP contribution in [0.5, 0.6) is 0 Å². The SMILES string of the molecule is CC(=O)c1ccc(N(C(=O)c2cnccn2)[C@H](C(=O)NC2CCCCC2)c2ccc(Cl)cc2)cc1. The van der Waals surface area contributed by atoms with Crippen molar-refractivity contribution in [2.45, 2.75) is 51.1 Å². The normalized spacial score (nSPS) is 14.7. The van der Waals surface area contributed by atoms with Crippen molar-refractivity contribution in [3.05, 3.63) is 89.0 Å². The molecule has 0 aliphatic heterocycles. The van der Waals surface area contributed by atoms with Crippen molar-refractivity contribution in [1.29, 1.82) is 0 Å². The van der Waals surface area contributed by atoms with Crippen LogP contribution in [0.2, 0.25) is 5.02 Å². The molecule has 0 spiro atoms. The first-order valence-electron chi connectivity index (χ1n) is 11.7. The molecule has 0 radical (unpaired) electrons. The van der Waals surface area contributed by atoms with Gasteiger partial charge in [0, 0.05) is 34.7 Å². The number of Topliss-reactive ketones (excluding diaryl/α,β-unsaturated/α-hetero) is 1. The molecule has 1 atom stereocenters. The van der Waals surface area contributed by atoms with Gasteiger partial charge < -0.3 is 5.32 Å². The molecule has 1 heterocycles. The highest BCUT2D eigenvalue weighted by Gasteiger charge is 2.35. The second-order valence-electron chi connectivity index (χ2n) is 8.67. The number of carbonyl (C=O) groups excluding carboxylic acids is 3. The van der Waals surface area contributed by atoms with Crippen molar-refractivity contribution in [2.24, 2.45) is 0 Å². The topological polar surface area (TPSA) is 92.3 Å². The first-order chi connectivity index (χ1) is 16.9. The Hall–Kier alpha value is -3.58. The summed E-state index contributed by atoms with van der Waals surface area (Å²) in [5, 5.41) is 3.69. The molecule has 1 aromatic heterocycles. The largest absolute Gasteiger partial charge is 0.351 e. The molecule has 2 aromatic carbocycles. The Morgan fingerprint density at radius 1 is 0.971 bits per heavy atom. The molecule has 1 N–H and O–H groups in total. The number of halogens is 1. The Morgan fingerprint density at radius 3 is 2.26 bits per heavy atom. The van der Waals surface area contributed by atoms with E-state index in [2.05, 4.69) is 15.3 Å². The number of nitrogens with zero attached hydrogens (tertiary/aromatic N) is 3. The van der Waals surface area contributed by atoms with Crippen LogP contribution in [0.25, 0.3) is 0 Å². The van der Waals surface area contributed by atoms with E-state index in [1.165, 1.54) is 30.4 Å². The Bertz CT molecular complexity index is 1180. The van der Waals surface area contributed by atoms with Crippen molar-refractivity contribution in [3.8, 4) is 0 Å². The molecule has 1 aliphatic carbocycles. The first-order valence-corrected chi connectivity index (χ1v) is 12.1. The van der Waals surface area contributed by atoms with Gasteiger partial charge in [0.25, 0.3) is 5.91 Å². The number of nitrogens with one attached hydrogen (secondary N) is 1. The average Bonchev–Trinajstić information content (AvgIpc) is 2.88. The summed E-state index contributed by atoms with van der Waals surface area (Å²) in [6.07, 6.45) is 9.38. The molecule has 8 heteroatoms. The van der Waals surface area contributed by atoms with Crippen LogP contribution in [0.4, 0.5) is 5.69 Å². The third-order valence-corrected chi connectivity index (χ3v) is 6.45. The van der Waals surface area contributed by atoms with Gasteiger partial charge in [-0.2, -0.15) is 0 Å². The predicted molar refractivity (Wildman–Crippen MR) is 134 cm³/mol. The van der Waals surface area contributed by atoms with Crippen LogP contribution >= 0.6 is 11.6 Å². The van der Waals surface area contributed by atoms with E-state index in [0.717, 1.165) is 32.1 Å². The summed E-state index contributed by atoms with van der Waals surface area (Å²) < 4.78 is 0. The van der Waals surface area contributed by atoms with Gasteiger partial charge in [-0.25, -0.2) is 4.98 Å². The fourth-order valence-electron chi connectivity index (χ4n) is 4.36. The van der Waals surface area contributed by atoms with Crippen LogP contribution in [-0.4, -0.2) is 33.6 Å². The number of aromatic nitrogens is 2. The molecule has 3 aromatic rings. The molecule has 35 heavy (non-hydrogen) atoms. The maximum Gasteiger partial charge on any atom is 0.279 e. The molecule has 180 valence electrons. The summed E-state index contributed by atoms with van der Waals surface area (Å²) in [4.78, 5) is 49.0. The van der Waals surface area contributed by atoms with E-state index in [0.29, 0.717) is 21.8 Å². The monoisotopic (exact) mass is 490 g/mol. The predicted octanol–water partition coefficient (Wildman–Crippen LogP) is 5.17. The number of hydrogen-bond donors (Lipinski definition) is 1. The van der Waals surface area contributed by atoms with E-state index >= 15 is 0 Å². The van der Waals surface area contributed by atoms with Crippen molar-refractivity contribution >= 4 is 34.9 Å². The molecule has 0 bridgehead atoms. The number of anilines is 1. The number of amides is 2. The molecule has 7 nitrogen and oxygen atoms in total. The van der Waals surface area contributed by atoms with E-state index in [9.17, 15) is 14.4 Å². The lowest BCUT2D eigenvalue weighted by molar-refractivity contribution is -0.123. The highest BCUT2D eigenvalue weighted by molar-refractivity contribution is 6.30. The van der Waals surface area contributed by atoms with Crippen LogP contribution in [0, 0.1) is 0 Å². The van der Waals surface area contributed by atoms with Crippen molar-refractivity contribution in [3.63, 3.8) is 0 Å². The Kier molecular flexibility index (Phi) is 7.87. The maximum absolute atomic E-state index is 13.8. The molecular weight excluding hydrogens is 464 g/mol. The highest BCUT2D eigenvalue weighted by Crippen LogP contribution is 2.31. The zero-order valence-electron chi connectivity index (χ0n) is 19.5. The molecule has 0 unspecified atom stereocenters. The summed E-state index contributed by atoms with van der Waals surface area (Å²) in [5.41, 5.74) is 1.68. The average molecular weight is 491 g/mol. The molecular formula is C27H27ClN4O3. The van der Waals surface area contributed by atoms with E-state index < -0.39 is 11.9 Å². The fourth-order valence-corrected chi connectivity index (χ4v) is 4.49. The fraction of sp³-hybridized carbons (Fsp3) is 0.296. The quantitative estimate of drug-likeness (QED) is 0.461. The van der Waals surface area contributed by atoms with Gasteiger partial charge in [-0.3, -0.25) is 24.3 Å². The summed E-state index contributed by atoms with van der Waals surface area (Å²) in [7, 11) is 0. The smallest absolute Gasteiger partial charge is 0.279 e. The zero-order valence-corrected chi connectivity index (χ0v) is 20.2. The summed E-state index contributed by atoms with van der Waals surface area (Å²) >= 11 is 6.12. The van der Waals surface area contributed by atoms with Gasteiger partial charge in [0.15, 0.2) is 5.78 Å². The first kappa shape index (κ1) is 24.5.